The second kappa shape index (κ2) is 7.41. The van der Waals surface area contributed by atoms with Gasteiger partial charge in [-0.1, -0.05) is 11.6 Å². The molecule has 24 heavy (non-hydrogen) atoms. The quantitative estimate of drug-likeness (QED) is 0.733. The van der Waals surface area contributed by atoms with Gasteiger partial charge in [-0.15, -0.1) is 11.3 Å². The third kappa shape index (κ3) is 4.40. The van der Waals surface area contributed by atoms with Crippen LogP contribution in [-0.4, -0.2) is 24.3 Å². The largest absolute Gasteiger partial charge is 0.495 e. The van der Waals surface area contributed by atoms with E-state index in [1.165, 1.54) is 20.3 Å². The van der Waals surface area contributed by atoms with Crippen LogP contribution in [0.2, 0.25) is 5.02 Å². The van der Waals surface area contributed by atoms with Crippen LogP contribution in [0.5, 0.6) is 11.5 Å². The Labute approximate surface area is 149 Å². The number of alkyl halides is 3. The minimum Gasteiger partial charge on any atom is -0.495 e. The minimum absolute atomic E-state index is 0.0124. The SMILES string of the molecule is COc1cc(OC)c(NC(=S)Nc2nc(C(F)(F)F)cs2)cc1Cl. The van der Waals surface area contributed by atoms with Gasteiger partial charge in [-0.25, -0.2) is 4.98 Å². The van der Waals surface area contributed by atoms with Crippen molar-refractivity contribution in [2.75, 3.05) is 24.9 Å². The van der Waals surface area contributed by atoms with Crippen molar-refractivity contribution in [3.8, 4) is 11.5 Å². The first kappa shape index (κ1) is 18.6. The molecule has 0 bridgehead atoms. The molecule has 1 aromatic carbocycles. The first-order chi connectivity index (χ1) is 11.2. The third-order valence-electron chi connectivity index (χ3n) is 2.74. The summed E-state index contributed by atoms with van der Waals surface area (Å²) < 4.78 is 47.8. The first-order valence-corrected chi connectivity index (χ1v) is 7.93. The van der Waals surface area contributed by atoms with Crippen molar-refractivity contribution in [3.05, 3.63) is 28.2 Å². The number of halogens is 4. The number of nitrogens with zero attached hydrogens (tertiary/aromatic N) is 1. The van der Waals surface area contributed by atoms with E-state index in [9.17, 15) is 13.2 Å². The molecule has 0 unspecified atom stereocenters. The Hall–Kier alpha value is -1.78. The van der Waals surface area contributed by atoms with E-state index in [0.29, 0.717) is 22.2 Å². The summed E-state index contributed by atoms with van der Waals surface area (Å²) in [4.78, 5) is 3.43. The Bertz CT molecular complexity index is 753. The van der Waals surface area contributed by atoms with Crippen LogP contribution in [0.4, 0.5) is 24.0 Å². The van der Waals surface area contributed by atoms with E-state index < -0.39 is 11.9 Å². The zero-order chi connectivity index (χ0) is 17.9. The lowest BCUT2D eigenvalue weighted by atomic mass is 10.2. The molecular formula is C13H11ClF3N3O2S2. The van der Waals surface area contributed by atoms with E-state index in [1.54, 1.807) is 6.07 Å². The van der Waals surface area contributed by atoms with E-state index in [-0.39, 0.29) is 10.2 Å². The maximum absolute atomic E-state index is 12.5. The summed E-state index contributed by atoms with van der Waals surface area (Å²) in [6.07, 6.45) is -4.50. The fraction of sp³-hybridized carbons (Fsp3) is 0.231. The number of ether oxygens (including phenoxy) is 2. The molecule has 0 atom stereocenters. The van der Waals surface area contributed by atoms with Gasteiger partial charge in [0, 0.05) is 11.4 Å². The molecule has 0 saturated carbocycles. The Balaban J connectivity index is 2.12. The highest BCUT2D eigenvalue weighted by atomic mass is 35.5. The predicted octanol–water partition coefficient (Wildman–Crippen LogP) is 4.64. The number of anilines is 2. The van der Waals surface area contributed by atoms with E-state index in [0.717, 1.165) is 16.7 Å². The number of rotatable bonds is 4. The average Bonchev–Trinajstić information content (AvgIpc) is 2.96. The van der Waals surface area contributed by atoms with Crippen molar-refractivity contribution >= 4 is 51.1 Å². The zero-order valence-corrected chi connectivity index (χ0v) is 14.7. The molecule has 0 spiro atoms. The van der Waals surface area contributed by atoms with Gasteiger partial charge >= 0.3 is 6.18 Å². The molecule has 0 aliphatic heterocycles. The number of thiazole rings is 1. The summed E-state index contributed by atoms with van der Waals surface area (Å²) in [5, 5.41) is 6.64. The summed E-state index contributed by atoms with van der Waals surface area (Å²) >= 11 is 11.9. The summed E-state index contributed by atoms with van der Waals surface area (Å²) in [6.45, 7) is 0. The summed E-state index contributed by atoms with van der Waals surface area (Å²) in [6, 6.07) is 3.08. The van der Waals surface area contributed by atoms with Gasteiger partial charge in [0.2, 0.25) is 0 Å². The molecule has 2 rings (SSSR count). The molecule has 0 aliphatic rings. The molecule has 130 valence electrons. The van der Waals surface area contributed by atoms with Crippen molar-refractivity contribution in [1.29, 1.82) is 0 Å². The molecule has 5 nitrogen and oxygen atoms in total. The lowest BCUT2D eigenvalue weighted by Crippen LogP contribution is -2.19. The maximum Gasteiger partial charge on any atom is 0.434 e. The Morgan fingerprint density at radius 3 is 2.42 bits per heavy atom. The highest BCUT2D eigenvalue weighted by Gasteiger charge is 2.33. The molecule has 0 amide bonds. The summed E-state index contributed by atoms with van der Waals surface area (Å²) in [7, 11) is 2.90. The van der Waals surface area contributed by atoms with Crippen LogP contribution < -0.4 is 20.1 Å². The van der Waals surface area contributed by atoms with Gasteiger partial charge in [-0.2, -0.15) is 13.2 Å². The minimum atomic E-state index is -4.50. The van der Waals surface area contributed by atoms with Crippen LogP contribution in [0, 0.1) is 0 Å². The highest BCUT2D eigenvalue weighted by molar-refractivity contribution is 7.80. The summed E-state index contributed by atoms with van der Waals surface area (Å²) in [5.74, 6) is 0.809. The lowest BCUT2D eigenvalue weighted by molar-refractivity contribution is -0.140. The smallest absolute Gasteiger partial charge is 0.434 e. The second-order valence-corrected chi connectivity index (χ2v) is 5.98. The van der Waals surface area contributed by atoms with E-state index >= 15 is 0 Å². The maximum atomic E-state index is 12.5. The zero-order valence-electron chi connectivity index (χ0n) is 12.3. The van der Waals surface area contributed by atoms with E-state index in [1.807, 2.05) is 0 Å². The van der Waals surface area contributed by atoms with Gasteiger partial charge in [0.25, 0.3) is 0 Å². The average molecular weight is 398 g/mol. The van der Waals surface area contributed by atoms with Crippen molar-refractivity contribution in [1.82, 2.24) is 4.98 Å². The number of aromatic nitrogens is 1. The number of thiocarbonyl (C=S) groups is 1. The van der Waals surface area contributed by atoms with Gasteiger partial charge in [-0.3, -0.25) is 0 Å². The van der Waals surface area contributed by atoms with Crippen LogP contribution in [0.3, 0.4) is 0 Å². The molecule has 1 heterocycles. The van der Waals surface area contributed by atoms with Gasteiger partial charge in [-0.05, 0) is 18.3 Å². The molecule has 2 N–H and O–H groups in total. The van der Waals surface area contributed by atoms with Gasteiger partial charge in [0.05, 0.1) is 24.9 Å². The van der Waals surface area contributed by atoms with Crippen molar-refractivity contribution < 1.29 is 22.6 Å². The first-order valence-electron chi connectivity index (χ1n) is 6.27. The van der Waals surface area contributed by atoms with E-state index in [2.05, 4.69) is 15.6 Å². The second-order valence-electron chi connectivity index (χ2n) is 4.30. The summed E-state index contributed by atoms with van der Waals surface area (Å²) in [5.41, 5.74) is -0.559. The molecule has 0 fully saturated rings. The molecule has 1 aromatic heterocycles. The molecule has 0 saturated heterocycles. The fourth-order valence-electron chi connectivity index (χ4n) is 1.67. The number of nitrogens with one attached hydrogen (secondary N) is 2. The van der Waals surface area contributed by atoms with Gasteiger partial charge in [0.1, 0.15) is 11.5 Å². The Morgan fingerprint density at radius 1 is 1.21 bits per heavy atom. The predicted molar refractivity (Wildman–Crippen MR) is 91.5 cm³/mol. The topological polar surface area (TPSA) is 55.4 Å². The molecule has 0 radical (unpaired) electrons. The van der Waals surface area contributed by atoms with Gasteiger partial charge < -0.3 is 20.1 Å². The number of benzene rings is 1. The molecular weight excluding hydrogens is 387 g/mol. The fourth-order valence-corrected chi connectivity index (χ4v) is 2.90. The van der Waals surface area contributed by atoms with Gasteiger partial charge in [0.15, 0.2) is 15.9 Å². The van der Waals surface area contributed by atoms with Crippen LogP contribution in [-0.2, 0) is 6.18 Å². The molecule has 0 aliphatic carbocycles. The van der Waals surface area contributed by atoms with Crippen LogP contribution in [0.1, 0.15) is 5.69 Å². The lowest BCUT2D eigenvalue weighted by Gasteiger charge is -2.14. The van der Waals surface area contributed by atoms with Crippen LogP contribution in [0.15, 0.2) is 17.5 Å². The Morgan fingerprint density at radius 2 is 1.88 bits per heavy atom. The monoisotopic (exact) mass is 397 g/mol. The third-order valence-corrected chi connectivity index (χ3v) is 3.99. The number of hydrogen-bond donors (Lipinski definition) is 2. The molecule has 11 heteroatoms. The number of hydrogen-bond acceptors (Lipinski definition) is 5. The standard InChI is InChI=1S/C13H11ClF3N3O2S2/c1-21-8-4-9(22-2)7(3-6(8)14)18-11(23)20-12-19-10(5-24-12)13(15,16)17/h3-5H,1-2H3,(H2,18,19,20,23). The van der Waals surface area contributed by atoms with Crippen molar-refractivity contribution in [2.24, 2.45) is 0 Å². The van der Waals surface area contributed by atoms with Crippen LogP contribution >= 0.6 is 35.2 Å². The van der Waals surface area contributed by atoms with E-state index in [4.69, 9.17) is 33.3 Å². The molecule has 2 aromatic rings. The highest BCUT2D eigenvalue weighted by Crippen LogP contribution is 2.36. The van der Waals surface area contributed by atoms with Crippen molar-refractivity contribution in [2.45, 2.75) is 6.18 Å². The Kier molecular flexibility index (Phi) is 5.73. The normalized spacial score (nSPS) is 11.1. The van der Waals surface area contributed by atoms with Crippen LogP contribution in [0.25, 0.3) is 0 Å². The van der Waals surface area contributed by atoms with Crippen molar-refractivity contribution in [3.63, 3.8) is 0 Å². The number of methoxy groups -OCH3 is 2.